The summed E-state index contributed by atoms with van der Waals surface area (Å²) < 4.78 is 0. The number of likely N-dealkylation sites (tertiary alicyclic amines) is 1. The highest BCUT2D eigenvalue weighted by Crippen LogP contribution is 2.48. The predicted octanol–water partition coefficient (Wildman–Crippen LogP) is 4.32. The Bertz CT molecular complexity index is 218. The third kappa shape index (κ3) is 3.05. The van der Waals surface area contributed by atoms with Gasteiger partial charge in [0.25, 0.3) is 0 Å². The maximum absolute atomic E-state index is 2.63. The smallest absolute Gasteiger partial charge is 0.00135 e. The largest absolute Gasteiger partial charge is 0.304 e. The summed E-state index contributed by atoms with van der Waals surface area (Å²) in [5, 5.41) is 0. The molecule has 1 spiro atoms. The van der Waals surface area contributed by atoms with Crippen LogP contribution in [0.25, 0.3) is 0 Å². The summed E-state index contributed by atoms with van der Waals surface area (Å²) in [6.07, 6.45) is 10.4. The lowest BCUT2D eigenvalue weighted by atomic mass is 9.63. The van der Waals surface area contributed by atoms with Gasteiger partial charge in [-0.3, -0.25) is 0 Å². The van der Waals surface area contributed by atoms with E-state index in [4.69, 9.17) is 0 Å². The standard InChI is InChI=1S/C16H31N/c1-4-14(3)15-6-8-16(9-7-15)10-12-17(5-2)13-11-16/h14-15H,4-13H2,1-3H3. The van der Waals surface area contributed by atoms with Gasteiger partial charge < -0.3 is 4.90 Å². The monoisotopic (exact) mass is 237 g/mol. The molecule has 0 bridgehead atoms. The first-order valence-electron chi connectivity index (χ1n) is 7.91. The van der Waals surface area contributed by atoms with Crippen LogP contribution in [0.1, 0.15) is 65.7 Å². The summed E-state index contributed by atoms with van der Waals surface area (Å²) in [5.74, 6) is 2.00. The van der Waals surface area contributed by atoms with Crippen LogP contribution in [0.4, 0.5) is 0 Å². The Morgan fingerprint density at radius 3 is 2.12 bits per heavy atom. The van der Waals surface area contributed by atoms with Gasteiger partial charge in [-0.05, 0) is 75.4 Å². The Morgan fingerprint density at radius 2 is 1.65 bits per heavy atom. The van der Waals surface area contributed by atoms with Crippen LogP contribution in [0, 0.1) is 17.3 Å². The van der Waals surface area contributed by atoms with E-state index in [0.717, 1.165) is 17.3 Å². The maximum atomic E-state index is 2.63. The van der Waals surface area contributed by atoms with Gasteiger partial charge in [0.1, 0.15) is 0 Å². The third-order valence-corrected chi connectivity index (χ3v) is 5.90. The van der Waals surface area contributed by atoms with E-state index in [1.54, 1.807) is 0 Å². The van der Waals surface area contributed by atoms with Crippen LogP contribution >= 0.6 is 0 Å². The van der Waals surface area contributed by atoms with Crippen LogP contribution in [-0.2, 0) is 0 Å². The highest BCUT2D eigenvalue weighted by Gasteiger charge is 2.38. The van der Waals surface area contributed by atoms with Crippen molar-refractivity contribution in [3.8, 4) is 0 Å². The SMILES string of the molecule is CCC(C)C1CCC2(CC1)CCN(CC)CC2. The fraction of sp³-hybridized carbons (Fsp3) is 1.00. The van der Waals surface area contributed by atoms with Crippen molar-refractivity contribution in [3.05, 3.63) is 0 Å². The minimum absolute atomic E-state index is 0.760. The molecular weight excluding hydrogens is 206 g/mol. The summed E-state index contributed by atoms with van der Waals surface area (Å²) in [7, 11) is 0. The molecule has 0 radical (unpaired) electrons. The maximum Gasteiger partial charge on any atom is -0.00135 e. The van der Waals surface area contributed by atoms with E-state index >= 15 is 0 Å². The van der Waals surface area contributed by atoms with Gasteiger partial charge in [0.15, 0.2) is 0 Å². The molecule has 1 heterocycles. The summed E-state index contributed by atoms with van der Waals surface area (Å²) in [6, 6.07) is 0. The Balaban J connectivity index is 1.82. The highest BCUT2D eigenvalue weighted by molar-refractivity contribution is 4.90. The van der Waals surface area contributed by atoms with Crippen LogP contribution in [0.5, 0.6) is 0 Å². The lowest BCUT2D eigenvalue weighted by Gasteiger charge is -2.46. The van der Waals surface area contributed by atoms with E-state index in [2.05, 4.69) is 25.7 Å². The lowest BCUT2D eigenvalue weighted by Crippen LogP contribution is -2.42. The van der Waals surface area contributed by atoms with Gasteiger partial charge in [0, 0.05) is 0 Å². The van der Waals surface area contributed by atoms with Crippen molar-refractivity contribution in [1.82, 2.24) is 4.90 Å². The van der Waals surface area contributed by atoms with Gasteiger partial charge in [-0.15, -0.1) is 0 Å². The van der Waals surface area contributed by atoms with Crippen molar-refractivity contribution in [1.29, 1.82) is 0 Å². The second-order valence-electron chi connectivity index (χ2n) is 6.66. The van der Waals surface area contributed by atoms with Gasteiger partial charge in [-0.2, -0.15) is 0 Å². The van der Waals surface area contributed by atoms with Crippen LogP contribution in [0.15, 0.2) is 0 Å². The van der Waals surface area contributed by atoms with E-state index in [9.17, 15) is 0 Å². The van der Waals surface area contributed by atoms with Crippen molar-refractivity contribution in [3.63, 3.8) is 0 Å². The molecule has 17 heavy (non-hydrogen) atoms. The molecule has 0 N–H and O–H groups in total. The number of hydrogen-bond donors (Lipinski definition) is 0. The second kappa shape index (κ2) is 5.73. The Morgan fingerprint density at radius 1 is 1.06 bits per heavy atom. The molecule has 0 aromatic rings. The van der Waals surface area contributed by atoms with Crippen molar-refractivity contribution in [2.45, 2.75) is 65.7 Å². The molecular formula is C16H31N. The summed E-state index contributed by atoms with van der Waals surface area (Å²) >= 11 is 0. The van der Waals surface area contributed by atoms with Crippen LogP contribution < -0.4 is 0 Å². The fourth-order valence-electron chi connectivity index (χ4n) is 4.00. The minimum atomic E-state index is 0.760. The van der Waals surface area contributed by atoms with E-state index in [1.165, 1.54) is 64.6 Å². The van der Waals surface area contributed by atoms with Crippen LogP contribution in [-0.4, -0.2) is 24.5 Å². The quantitative estimate of drug-likeness (QED) is 0.706. The molecule has 0 aromatic heterocycles. The van der Waals surface area contributed by atoms with Crippen molar-refractivity contribution in [2.75, 3.05) is 19.6 Å². The van der Waals surface area contributed by atoms with Gasteiger partial charge in [-0.1, -0.05) is 27.2 Å². The topological polar surface area (TPSA) is 3.24 Å². The molecule has 1 nitrogen and oxygen atoms in total. The molecule has 2 fully saturated rings. The van der Waals surface area contributed by atoms with E-state index in [0.29, 0.717) is 0 Å². The first-order valence-corrected chi connectivity index (χ1v) is 7.91. The second-order valence-corrected chi connectivity index (χ2v) is 6.66. The van der Waals surface area contributed by atoms with Gasteiger partial charge in [-0.25, -0.2) is 0 Å². The molecule has 2 rings (SSSR count). The molecule has 1 heteroatoms. The first-order chi connectivity index (χ1) is 8.19. The molecule has 1 saturated heterocycles. The van der Waals surface area contributed by atoms with Crippen LogP contribution in [0.3, 0.4) is 0 Å². The lowest BCUT2D eigenvalue weighted by molar-refractivity contribution is 0.0439. The zero-order chi connectivity index (χ0) is 12.3. The van der Waals surface area contributed by atoms with E-state index in [1.807, 2.05) is 0 Å². The number of rotatable bonds is 3. The molecule has 100 valence electrons. The number of nitrogens with zero attached hydrogens (tertiary/aromatic N) is 1. The van der Waals surface area contributed by atoms with E-state index < -0.39 is 0 Å². The molecule has 0 amide bonds. The molecule has 1 atom stereocenters. The van der Waals surface area contributed by atoms with Crippen molar-refractivity contribution >= 4 is 0 Å². The molecule has 1 unspecified atom stereocenters. The number of hydrogen-bond acceptors (Lipinski definition) is 1. The van der Waals surface area contributed by atoms with Crippen LogP contribution in [0.2, 0.25) is 0 Å². The summed E-state index contributed by atoms with van der Waals surface area (Å²) in [5.41, 5.74) is 0.760. The minimum Gasteiger partial charge on any atom is -0.304 e. The predicted molar refractivity (Wildman–Crippen MR) is 75.2 cm³/mol. The normalized spacial score (nSPS) is 28.4. The third-order valence-electron chi connectivity index (χ3n) is 5.90. The van der Waals surface area contributed by atoms with Crippen molar-refractivity contribution < 1.29 is 0 Å². The zero-order valence-corrected chi connectivity index (χ0v) is 12.2. The molecule has 1 aliphatic carbocycles. The fourth-order valence-corrected chi connectivity index (χ4v) is 4.00. The Hall–Kier alpha value is -0.0400. The average Bonchev–Trinajstić information content (AvgIpc) is 2.40. The van der Waals surface area contributed by atoms with E-state index in [-0.39, 0.29) is 0 Å². The van der Waals surface area contributed by atoms with Crippen molar-refractivity contribution in [2.24, 2.45) is 17.3 Å². The zero-order valence-electron chi connectivity index (χ0n) is 12.2. The van der Waals surface area contributed by atoms with Gasteiger partial charge in [0.2, 0.25) is 0 Å². The Labute approximate surface area is 108 Å². The molecule has 1 aliphatic heterocycles. The molecule has 2 aliphatic rings. The number of piperidine rings is 1. The highest BCUT2D eigenvalue weighted by atomic mass is 15.1. The average molecular weight is 237 g/mol. The first kappa shape index (κ1) is 13.4. The van der Waals surface area contributed by atoms with Gasteiger partial charge in [0.05, 0.1) is 0 Å². The summed E-state index contributed by atoms with van der Waals surface area (Å²) in [6.45, 7) is 11.1. The molecule has 1 saturated carbocycles. The Kier molecular flexibility index (Phi) is 4.52. The molecule has 0 aromatic carbocycles. The van der Waals surface area contributed by atoms with Gasteiger partial charge >= 0.3 is 0 Å². The summed E-state index contributed by atoms with van der Waals surface area (Å²) in [4.78, 5) is 2.63.